The van der Waals surface area contributed by atoms with Crippen molar-refractivity contribution < 1.29 is 0 Å². The molecule has 0 aromatic carbocycles. The second kappa shape index (κ2) is 11.0. The minimum Gasteiger partial charge on any atom is -0.245 e. The summed E-state index contributed by atoms with van der Waals surface area (Å²) in [5.74, 6) is 1.01. The average Bonchev–Trinajstić information content (AvgIpc) is 2.51. The van der Waals surface area contributed by atoms with Crippen molar-refractivity contribution in [2.45, 2.75) is 53.4 Å². The highest BCUT2D eigenvalue weighted by Crippen LogP contribution is 2.08. The molecule has 2 rings (SSSR count). The summed E-state index contributed by atoms with van der Waals surface area (Å²) >= 11 is 0. The summed E-state index contributed by atoms with van der Waals surface area (Å²) in [4.78, 5) is 15.8. The van der Waals surface area contributed by atoms with E-state index in [2.05, 4.69) is 47.6 Å². The summed E-state index contributed by atoms with van der Waals surface area (Å²) in [5, 5.41) is 0. The maximum atomic E-state index is 4.07. The Morgan fingerprint density at radius 1 is 0.700 bits per heavy atom. The van der Waals surface area contributed by atoms with Gasteiger partial charge in [0.05, 0.1) is 0 Å². The molecule has 2 heterocycles. The lowest BCUT2D eigenvalue weighted by Gasteiger charge is -1.99. The number of hydrogen-bond acceptors (Lipinski definition) is 4. The van der Waals surface area contributed by atoms with Crippen molar-refractivity contribution in [1.82, 2.24) is 19.9 Å². The third-order valence-corrected chi connectivity index (χ3v) is 2.39. The fourth-order valence-corrected chi connectivity index (χ4v) is 1.28. The fourth-order valence-electron chi connectivity index (χ4n) is 1.28. The highest BCUT2D eigenvalue weighted by atomic mass is 14.8. The van der Waals surface area contributed by atoms with Crippen LogP contribution in [0.25, 0.3) is 0 Å². The molecule has 0 amide bonds. The van der Waals surface area contributed by atoms with Crippen LogP contribution in [-0.4, -0.2) is 19.9 Å². The SMILES string of the molecule is CC.CC(C)c1ccncn1.CC(C)c1ccncn1. The van der Waals surface area contributed by atoms with Gasteiger partial charge in [-0.1, -0.05) is 41.5 Å². The molecule has 0 aliphatic heterocycles. The maximum absolute atomic E-state index is 4.07. The van der Waals surface area contributed by atoms with Crippen molar-refractivity contribution in [2.24, 2.45) is 0 Å². The van der Waals surface area contributed by atoms with Gasteiger partial charge in [-0.15, -0.1) is 0 Å². The van der Waals surface area contributed by atoms with Gasteiger partial charge in [-0.3, -0.25) is 0 Å². The van der Waals surface area contributed by atoms with Crippen LogP contribution in [0.5, 0.6) is 0 Å². The molecule has 0 bridgehead atoms. The molecule has 4 nitrogen and oxygen atoms in total. The highest BCUT2D eigenvalue weighted by molar-refractivity contribution is 5.02. The first-order chi connectivity index (χ1) is 9.61. The molecule has 0 spiro atoms. The van der Waals surface area contributed by atoms with E-state index in [1.54, 1.807) is 25.0 Å². The van der Waals surface area contributed by atoms with Crippen molar-refractivity contribution in [2.75, 3.05) is 0 Å². The van der Waals surface area contributed by atoms with Crippen LogP contribution < -0.4 is 0 Å². The monoisotopic (exact) mass is 274 g/mol. The van der Waals surface area contributed by atoms with Gasteiger partial charge in [-0.2, -0.15) is 0 Å². The number of nitrogens with zero attached hydrogens (tertiary/aromatic N) is 4. The van der Waals surface area contributed by atoms with Crippen molar-refractivity contribution >= 4 is 0 Å². The Labute approximate surface area is 122 Å². The van der Waals surface area contributed by atoms with Crippen LogP contribution in [0.3, 0.4) is 0 Å². The van der Waals surface area contributed by atoms with Crippen LogP contribution in [0, 0.1) is 0 Å². The Morgan fingerprint density at radius 3 is 1.20 bits per heavy atom. The lowest BCUT2D eigenvalue weighted by atomic mass is 10.1. The van der Waals surface area contributed by atoms with E-state index in [9.17, 15) is 0 Å². The molecule has 2 aromatic rings. The van der Waals surface area contributed by atoms with Gasteiger partial charge in [0.2, 0.25) is 0 Å². The number of hydrogen-bond donors (Lipinski definition) is 0. The zero-order valence-corrected chi connectivity index (χ0v) is 13.4. The van der Waals surface area contributed by atoms with Crippen LogP contribution in [-0.2, 0) is 0 Å². The molecule has 4 heteroatoms. The van der Waals surface area contributed by atoms with Crippen molar-refractivity contribution in [3.8, 4) is 0 Å². The molecule has 0 unspecified atom stereocenters. The Morgan fingerprint density at radius 2 is 1.05 bits per heavy atom. The fraction of sp³-hybridized carbons (Fsp3) is 0.500. The summed E-state index contributed by atoms with van der Waals surface area (Å²) in [6.07, 6.45) is 6.69. The summed E-state index contributed by atoms with van der Waals surface area (Å²) in [5.41, 5.74) is 2.20. The molecule has 0 aliphatic carbocycles. The minimum absolute atomic E-state index is 0.507. The predicted molar refractivity (Wildman–Crippen MR) is 83.6 cm³/mol. The van der Waals surface area contributed by atoms with Crippen molar-refractivity contribution in [3.63, 3.8) is 0 Å². The lowest BCUT2D eigenvalue weighted by Crippen LogP contribution is -1.90. The van der Waals surface area contributed by atoms with E-state index in [1.807, 2.05) is 26.0 Å². The van der Waals surface area contributed by atoms with Crippen LogP contribution in [0.2, 0.25) is 0 Å². The molecule has 0 atom stereocenters. The topological polar surface area (TPSA) is 51.6 Å². The Kier molecular flexibility index (Phi) is 10.0. The zero-order valence-electron chi connectivity index (χ0n) is 13.4. The van der Waals surface area contributed by atoms with Crippen LogP contribution >= 0.6 is 0 Å². The molecule has 0 fully saturated rings. The molecule has 0 radical (unpaired) electrons. The zero-order chi connectivity index (χ0) is 15.4. The van der Waals surface area contributed by atoms with Crippen molar-refractivity contribution in [3.05, 3.63) is 48.6 Å². The number of rotatable bonds is 2. The Bertz CT molecular complexity index is 383. The molecule has 0 saturated carbocycles. The smallest absolute Gasteiger partial charge is 0.115 e. The Balaban J connectivity index is 0.000000321. The standard InChI is InChI=1S/2C7H10N2.C2H6/c2*1-6(2)7-3-4-8-5-9-7;1-2/h2*3-6H,1-2H3;1-2H3. The van der Waals surface area contributed by atoms with Gasteiger partial charge in [-0.25, -0.2) is 19.9 Å². The second-order valence-corrected chi connectivity index (χ2v) is 4.58. The second-order valence-electron chi connectivity index (χ2n) is 4.58. The predicted octanol–water partition coefficient (Wildman–Crippen LogP) is 4.23. The van der Waals surface area contributed by atoms with E-state index in [0.717, 1.165) is 11.4 Å². The van der Waals surface area contributed by atoms with Gasteiger partial charge in [0.15, 0.2) is 0 Å². The summed E-state index contributed by atoms with van der Waals surface area (Å²) in [6.45, 7) is 12.5. The molecule has 0 saturated heterocycles. The summed E-state index contributed by atoms with van der Waals surface area (Å²) in [6, 6.07) is 3.87. The minimum atomic E-state index is 0.507. The van der Waals surface area contributed by atoms with Gasteiger partial charge < -0.3 is 0 Å². The van der Waals surface area contributed by atoms with Gasteiger partial charge in [0.1, 0.15) is 12.7 Å². The van der Waals surface area contributed by atoms with Crippen LogP contribution in [0.4, 0.5) is 0 Å². The van der Waals surface area contributed by atoms with Crippen LogP contribution in [0.15, 0.2) is 37.2 Å². The van der Waals surface area contributed by atoms with Gasteiger partial charge >= 0.3 is 0 Å². The first-order valence-electron chi connectivity index (χ1n) is 7.13. The molecule has 2 aromatic heterocycles. The molecular weight excluding hydrogens is 248 g/mol. The van der Waals surface area contributed by atoms with Crippen molar-refractivity contribution in [1.29, 1.82) is 0 Å². The lowest BCUT2D eigenvalue weighted by molar-refractivity contribution is 0.814. The van der Waals surface area contributed by atoms with E-state index in [4.69, 9.17) is 0 Å². The average molecular weight is 274 g/mol. The van der Waals surface area contributed by atoms with Gasteiger partial charge in [0, 0.05) is 23.8 Å². The normalized spacial score (nSPS) is 9.40. The highest BCUT2D eigenvalue weighted by Gasteiger charge is 1.96. The maximum Gasteiger partial charge on any atom is 0.115 e. The summed E-state index contributed by atoms with van der Waals surface area (Å²) < 4.78 is 0. The molecule has 0 N–H and O–H groups in total. The van der Waals surface area contributed by atoms with E-state index in [-0.39, 0.29) is 0 Å². The quantitative estimate of drug-likeness (QED) is 0.822. The first-order valence-corrected chi connectivity index (χ1v) is 7.13. The van der Waals surface area contributed by atoms with E-state index < -0.39 is 0 Å². The molecule has 20 heavy (non-hydrogen) atoms. The summed E-state index contributed by atoms with van der Waals surface area (Å²) in [7, 11) is 0. The van der Waals surface area contributed by atoms with Crippen LogP contribution in [0.1, 0.15) is 64.8 Å². The van der Waals surface area contributed by atoms with Gasteiger partial charge in [-0.05, 0) is 24.0 Å². The number of aromatic nitrogens is 4. The van der Waals surface area contributed by atoms with E-state index in [1.165, 1.54) is 0 Å². The first kappa shape index (κ1) is 18.2. The van der Waals surface area contributed by atoms with E-state index in [0.29, 0.717) is 11.8 Å². The van der Waals surface area contributed by atoms with E-state index >= 15 is 0 Å². The largest absolute Gasteiger partial charge is 0.245 e. The Hall–Kier alpha value is -1.84. The molecule has 0 aliphatic rings. The molecule has 110 valence electrons. The van der Waals surface area contributed by atoms with Gasteiger partial charge in [0.25, 0.3) is 0 Å². The molecular formula is C16H26N4. The third-order valence-electron chi connectivity index (χ3n) is 2.39. The third kappa shape index (κ3) is 7.56.